The molecule has 12 heteroatoms. The van der Waals surface area contributed by atoms with Crippen molar-refractivity contribution in [1.82, 2.24) is 9.71 Å². The summed E-state index contributed by atoms with van der Waals surface area (Å²) in [4.78, 5) is 29.0. The molecule has 4 aromatic rings. The number of fused-ring (bicyclic) bond motifs is 1. The lowest BCUT2D eigenvalue weighted by atomic mass is 9.94. The van der Waals surface area contributed by atoms with E-state index in [0.29, 0.717) is 10.8 Å². The molecular weight excluding hydrogens is 549 g/mol. The van der Waals surface area contributed by atoms with Crippen LogP contribution in [0.25, 0.3) is 10.8 Å². The fourth-order valence-electron chi connectivity index (χ4n) is 4.12. The highest BCUT2D eigenvalue weighted by Crippen LogP contribution is 2.32. The Kier molecular flexibility index (Phi) is 8.21. The van der Waals surface area contributed by atoms with Gasteiger partial charge < -0.3 is 9.47 Å². The van der Waals surface area contributed by atoms with Crippen molar-refractivity contribution >= 4 is 32.5 Å². The highest BCUT2D eigenvalue weighted by molar-refractivity contribution is 7.89. The lowest BCUT2D eigenvalue weighted by Crippen LogP contribution is -2.31. The Hall–Kier alpha value is -4.29. The third-order valence-electron chi connectivity index (χ3n) is 5.85. The summed E-state index contributed by atoms with van der Waals surface area (Å²) in [5.74, 6) is -1.52. The Labute approximate surface area is 227 Å². The van der Waals surface area contributed by atoms with E-state index in [1.165, 1.54) is 49.5 Å². The van der Waals surface area contributed by atoms with Crippen molar-refractivity contribution in [3.63, 3.8) is 0 Å². The van der Waals surface area contributed by atoms with Crippen molar-refractivity contribution in [1.29, 1.82) is 0 Å². The van der Waals surface area contributed by atoms with Crippen molar-refractivity contribution in [3.05, 3.63) is 101 Å². The van der Waals surface area contributed by atoms with Crippen molar-refractivity contribution in [2.24, 2.45) is 0 Å². The number of halogens is 3. The van der Waals surface area contributed by atoms with Crippen molar-refractivity contribution in [2.75, 3.05) is 6.61 Å². The van der Waals surface area contributed by atoms with Crippen LogP contribution in [0.4, 0.5) is 13.2 Å². The molecule has 1 N–H and O–H groups in total. The smallest absolute Gasteiger partial charge is 0.462 e. The van der Waals surface area contributed by atoms with E-state index in [2.05, 4.69) is 14.4 Å². The maximum Gasteiger partial charge on any atom is 0.573 e. The molecule has 0 amide bonds. The molecular formula is C28H23F3N2O6S. The standard InChI is InChI=1S/C28H23F3N2O6S/c1-3-38-27(35)19-10-14-22(15-11-19)40(36,37)33-25(18-8-12-21(13-9-18)39-28(29,30)31)26-24(17(2)34)23-7-5-4-6-20(23)16-32-26/h4-16,25,33H,3H2,1-2H3. The van der Waals surface area contributed by atoms with Gasteiger partial charge in [0.25, 0.3) is 0 Å². The number of hydrogen-bond acceptors (Lipinski definition) is 7. The predicted octanol–water partition coefficient (Wildman–Crippen LogP) is 5.58. The molecule has 4 rings (SSSR count). The maximum absolute atomic E-state index is 13.5. The summed E-state index contributed by atoms with van der Waals surface area (Å²) in [5, 5.41) is 1.17. The van der Waals surface area contributed by atoms with E-state index in [1.54, 1.807) is 31.2 Å². The van der Waals surface area contributed by atoms with Gasteiger partial charge in [-0.25, -0.2) is 13.2 Å². The molecule has 3 aromatic carbocycles. The summed E-state index contributed by atoms with van der Waals surface area (Å²) in [6, 6.07) is 15.2. The van der Waals surface area contributed by atoms with Gasteiger partial charge >= 0.3 is 12.3 Å². The normalized spacial score (nSPS) is 12.6. The third-order valence-corrected chi connectivity index (χ3v) is 7.29. The van der Waals surface area contributed by atoms with Gasteiger partial charge in [0.2, 0.25) is 10.0 Å². The van der Waals surface area contributed by atoms with Gasteiger partial charge in [-0.15, -0.1) is 13.2 Å². The molecule has 0 spiro atoms. The molecule has 0 bridgehead atoms. The molecule has 1 atom stereocenters. The molecule has 40 heavy (non-hydrogen) atoms. The van der Waals surface area contributed by atoms with Gasteiger partial charge in [0.05, 0.1) is 28.8 Å². The second-order valence-corrected chi connectivity index (χ2v) is 10.3. The number of ketones is 1. The topological polar surface area (TPSA) is 112 Å². The molecule has 0 saturated carbocycles. The van der Waals surface area contributed by atoms with Crippen molar-refractivity contribution in [2.45, 2.75) is 31.1 Å². The maximum atomic E-state index is 13.5. The Morgan fingerprint density at radius 1 is 0.975 bits per heavy atom. The zero-order valence-corrected chi connectivity index (χ0v) is 22.0. The Morgan fingerprint density at radius 3 is 2.23 bits per heavy atom. The number of esters is 1. The van der Waals surface area contributed by atoms with Gasteiger partial charge in [-0.2, -0.15) is 4.72 Å². The zero-order valence-electron chi connectivity index (χ0n) is 21.2. The largest absolute Gasteiger partial charge is 0.573 e. The number of nitrogens with zero attached hydrogens (tertiary/aromatic N) is 1. The molecule has 0 aliphatic heterocycles. The van der Waals surface area contributed by atoms with Crippen LogP contribution < -0.4 is 9.46 Å². The zero-order chi connectivity index (χ0) is 29.1. The Balaban J connectivity index is 1.81. The minimum absolute atomic E-state index is 0.0578. The summed E-state index contributed by atoms with van der Waals surface area (Å²) in [5.41, 5.74) is 0.556. The first-order chi connectivity index (χ1) is 18.9. The molecule has 0 saturated heterocycles. The van der Waals surface area contributed by atoms with E-state index >= 15 is 0 Å². The highest BCUT2D eigenvalue weighted by Gasteiger charge is 2.32. The number of alkyl halides is 3. The molecule has 1 aromatic heterocycles. The van der Waals surface area contributed by atoms with Crippen LogP contribution in [0.1, 0.15) is 51.9 Å². The first kappa shape index (κ1) is 28.7. The first-order valence-electron chi connectivity index (χ1n) is 11.9. The lowest BCUT2D eigenvalue weighted by molar-refractivity contribution is -0.274. The summed E-state index contributed by atoms with van der Waals surface area (Å²) < 4.78 is 76.4. The minimum Gasteiger partial charge on any atom is -0.462 e. The van der Waals surface area contributed by atoms with Gasteiger partial charge in [0, 0.05) is 17.1 Å². The number of Topliss-reactive ketones (excluding diaryl/α,β-unsaturated/α-hetero) is 1. The van der Waals surface area contributed by atoms with E-state index < -0.39 is 34.1 Å². The second-order valence-electron chi connectivity index (χ2n) is 8.58. The van der Waals surface area contributed by atoms with Crippen molar-refractivity contribution < 1.29 is 40.7 Å². The number of sulfonamides is 1. The summed E-state index contributed by atoms with van der Waals surface area (Å²) in [6.07, 6.45) is -3.44. The van der Waals surface area contributed by atoms with Gasteiger partial charge in [0.1, 0.15) is 5.75 Å². The van der Waals surface area contributed by atoms with Crippen LogP contribution in [0, 0.1) is 0 Å². The Morgan fingerprint density at radius 2 is 1.62 bits per heavy atom. The molecule has 1 heterocycles. The van der Waals surface area contributed by atoms with Crippen LogP contribution in [-0.2, 0) is 14.8 Å². The molecule has 0 aliphatic carbocycles. The predicted molar refractivity (Wildman–Crippen MR) is 139 cm³/mol. The molecule has 0 radical (unpaired) electrons. The number of rotatable bonds is 9. The van der Waals surface area contributed by atoms with Crippen LogP contribution in [0.15, 0.2) is 83.9 Å². The van der Waals surface area contributed by atoms with E-state index in [1.807, 2.05) is 0 Å². The van der Waals surface area contributed by atoms with Gasteiger partial charge in [-0.3, -0.25) is 9.78 Å². The minimum atomic E-state index is -4.92. The highest BCUT2D eigenvalue weighted by atomic mass is 32.2. The summed E-state index contributed by atoms with van der Waals surface area (Å²) >= 11 is 0. The van der Waals surface area contributed by atoms with E-state index in [0.717, 1.165) is 12.1 Å². The average molecular weight is 573 g/mol. The lowest BCUT2D eigenvalue weighted by Gasteiger charge is -2.22. The van der Waals surface area contributed by atoms with E-state index in [9.17, 15) is 31.2 Å². The van der Waals surface area contributed by atoms with E-state index in [-0.39, 0.29) is 39.7 Å². The summed E-state index contributed by atoms with van der Waals surface area (Å²) in [7, 11) is -4.31. The van der Waals surface area contributed by atoms with E-state index in [4.69, 9.17) is 4.74 Å². The number of nitrogens with one attached hydrogen (secondary N) is 1. The fourth-order valence-corrected chi connectivity index (χ4v) is 5.31. The second kappa shape index (κ2) is 11.4. The van der Waals surface area contributed by atoms with Crippen LogP contribution in [-0.4, -0.2) is 38.1 Å². The Bertz CT molecular complexity index is 1650. The number of hydrogen-bond donors (Lipinski definition) is 1. The van der Waals surface area contributed by atoms with Crippen LogP contribution >= 0.6 is 0 Å². The van der Waals surface area contributed by atoms with Crippen LogP contribution in [0.2, 0.25) is 0 Å². The molecule has 1 unspecified atom stereocenters. The number of aromatic nitrogens is 1. The average Bonchev–Trinajstić information content (AvgIpc) is 2.91. The molecule has 208 valence electrons. The number of carbonyl (C=O) groups excluding carboxylic acids is 2. The first-order valence-corrected chi connectivity index (χ1v) is 13.4. The molecule has 8 nitrogen and oxygen atoms in total. The van der Waals surface area contributed by atoms with Crippen molar-refractivity contribution in [3.8, 4) is 5.75 Å². The quantitative estimate of drug-likeness (QED) is 0.206. The van der Waals surface area contributed by atoms with Gasteiger partial charge in [-0.05, 0) is 61.2 Å². The monoisotopic (exact) mass is 572 g/mol. The van der Waals surface area contributed by atoms with Gasteiger partial charge in [0.15, 0.2) is 5.78 Å². The number of benzene rings is 3. The molecule has 0 fully saturated rings. The fraction of sp³-hybridized carbons (Fsp3) is 0.179. The number of ether oxygens (including phenoxy) is 2. The third kappa shape index (κ3) is 6.46. The molecule has 0 aliphatic rings. The number of pyridine rings is 1. The van der Waals surface area contributed by atoms with Crippen LogP contribution in [0.5, 0.6) is 5.75 Å². The number of carbonyl (C=O) groups is 2. The van der Waals surface area contributed by atoms with Crippen LogP contribution in [0.3, 0.4) is 0 Å². The SMILES string of the molecule is CCOC(=O)c1ccc(S(=O)(=O)NC(c2ccc(OC(F)(F)F)cc2)c2ncc3ccccc3c2C(C)=O)cc1. The van der Waals surface area contributed by atoms with Gasteiger partial charge in [-0.1, -0.05) is 36.4 Å². The summed E-state index contributed by atoms with van der Waals surface area (Å²) in [6.45, 7) is 3.09.